The van der Waals surface area contributed by atoms with Gasteiger partial charge in [-0.05, 0) is 31.0 Å². The Balaban J connectivity index is 2.34. The summed E-state index contributed by atoms with van der Waals surface area (Å²) in [4.78, 5) is 0. The summed E-state index contributed by atoms with van der Waals surface area (Å²) in [7, 11) is 0. The van der Waals surface area contributed by atoms with Gasteiger partial charge in [0, 0.05) is 12.6 Å². The van der Waals surface area contributed by atoms with E-state index < -0.39 is 0 Å². The third-order valence-corrected chi connectivity index (χ3v) is 3.12. The van der Waals surface area contributed by atoms with Crippen molar-refractivity contribution in [3.63, 3.8) is 0 Å². The topological polar surface area (TPSA) is 76.1 Å². The highest BCUT2D eigenvalue weighted by atomic mass is 16.3. The summed E-state index contributed by atoms with van der Waals surface area (Å²) < 4.78 is 1.87. The zero-order valence-electron chi connectivity index (χ0n) is 12.0. The second-order valence-corrected chi connectivity index (χ2v) is 5.10. The Bertz CT molecular complexity index is 563. The number of phenols is 1. The van der Waals surface area contributed by atoms with Gasteiger partial charge in [-0.25, -0.2) is 4.68 Å². The highest BCUT2D eigenvalue weighted by Gasteiger charge is 2.15. The molecule has 0 aliphatic rings. The van der Waals surface area contributed by atoms with Crippen LogP contribution in [0.5, 0.6) is 5.75 Å². The molecule has 1 heterocycles. The van der Waals surface area contributed by atoms with E-state index in [-0.39, 0.29) is 5.75 Å². The van der Waals surface area contributed by atoms with E-state index >= 15 is 0 Å². The lowest BCUT2D eigenvalue weighted by Crippen LogP contribution is -2.11. The standard InChI is InChI=1S/C15H22N4O/c1-11(2)15-14(17-8-4-7-16)10-18-19(15)12-5-3-6-13(20)9-12/h3,5-6,9-11,17,20H,4,7-8,16H2,1-2H3. The molecule has 0 saturated carbocycles. The van der Waals surface area contributed by atoms with Crippen molar-refractivity contribution in [2.24, 2.45) is 5.73 Å². The number of hydrogen-bond donors (Lipinski definition) is 3. The van der Waals surface area contributed by atoms with Crippen LogP contribution in [0.1, 0.15) is 31.9 Å². The predicted molar refractivity (Wildman–Crippen MR) is 81.5 cm³/mol. The molecule has 0 aliphatic heterocycles. The third-order valence-electron chi connectivity index (χ3n) is 3.12. The number of anilines is 1. The van der Waals surface area contributed by atoms with E-state index in [1.807, 2.05) is 23.0 Å². The fraction of sp³-hybridized carbons (Fsp3) is 0.400. The van der Waals surface area contributed by atoms with Gasteiger partial charge in [0.25, 0.3) is 0 Å². The zero-order chi connectivity index (χ0) is 14.5. The van der Waals surface area contributed by atoms with Crippen molar-refractivity contribution in [2.45, 2.75) is 26.2 Å². The van der Waals surface area contributed by atoms with Crippen LogP contribution in [-0.2, 0) is 0 Å². The van der Waals surface area contributed by atoms with E-state index in [1.165, 1.54) is 0 Å². The number of rotatable bonds is 6. The predicted octanol–water partition coefficient (Wildman–Crippen LogP) is 2.46. The lowest BCUT2D eigenvalue weighted by atomic mass is 10.1. The molecular formula is C15H22N4O. The molecule has 1 aromatic carbocycles. The van der Waals surface area contributed by atoms with Crippen LogP contribution in [0.3, 0.4) is 0 Å². The van der Waals surface area contributed by atoms with Crippen molar-refractivity contribution in [1.29, 1.82) is 0 Å². The lowest BCUT2D eigenvalue weighted by molar-refractivity contribution is 0.474. The van der Waals surface area contributed by atoms with Gasteiger partial charge in [-0.2, -0.15) is 5.10 Å². The summed E-state index contributed by atoms with van der Waals surface area (Å²) in [6.45, 7) is 5.77. The summed E-state index contributed by atoms with van der Waals surface area (Å²) >= 11 is 0. The second-order valence-electron chi connectivity index (χ2n) is 5.10. The van der Waals surface area contributed by atoms with Crippen molar-refractivity contribution in [2.75, 3.05) is 18.4 Å². The Hall–Kier alpha value is -2.01. The highest BCUT2D eigenvalue weighted by Crippen LogP contribution is 2.27. The largest absolute Gasteiger partial charge is 0.508 e. The van der Waals surface area contributed by atoms with Crippen LogP contribution >= 0.6 is 0 Å². The van der Waals surface area contributed by atoms with Gasteiger partial charge < -0.3 is 16.2 Å². The molecule has 0 aliphatic carbocycles. The lowest BCUT2D eigenvalue weighted by Gasteiger charge is -2.14. The molecule has 0 amide bonds. The first kappa shape index (κ1) is 14.4. The van der Waals surface area contributed by atoms with E-state index in [1.54, 1.807) is 12.1 Å². The molecule has 0 unspecified atom stereocenters. The normalized spacial score (nSPS) is 11.0. The van der Waals surface area contributed by atoms with Gasteiger partial charge in [0.15, 0.2) is 0 Å². The maximum absolute atomic E-state index is 9.61. The summed E-state index contributed by atoms with van der Waals surface area (Å²) in [6.07, 6.45) is 2.75. The minimum absolute atomic E-state index is 0.241. The summed E-state index contributed by atoms with van der Waals surface area (Å²) in [5, 5.41) is 17.4. The van der Waals surface area contributed by atoms with Gasteiger partial charge in [-0.15, -0.1) is 0 Å². The average Bonchev–Trinajstić information content (AvgIpc) is 2.83. The van der Waals surface area contributed by atoms with Gasteiger partial charge in [-0.1, -0.05) is 19.9 Å². The SMILES string of the molecule is CC(C)c1c(NCCCN)cnn1-c1cccc(O)c1. The molecule has 4 N–H and O–H groups in total. The summed E-state index contributed by atoms with van der Waals surface area (Å²) in [6, 6.07) is 7.12. The summed E-state index contributed by atoms with van der Waals surface area (Å²) in [5.41, 5.74) is 8.51. The van der Waals surface area contributed by atoms with Crippen LogP contribution in [0, 0.1) is 0 Å². The first-order chi connectivity index (χ1) is 9.63. The van der Waals surface area contributed by atoms with Crippen molar-refractivity contribution >= 4 is 5.69 Å². The molecule has 5 nitrogen and oxygen atoms in total. The molecule has 0 spiro atoms. The molecular weight excluding hydrogens is 252 g/mol. The molecule has 2 rings (SSSR count). The smallest absolute Gasteiger partial charge is 0.117 e. The number of nitrogens with two attached hydrogens (primary N) is 1. The fourth-order valence-corrected chi connectivity index (χ4v) is 2.21. The quantitative estimate of drug-likeness (QED) is 0.707. The third kappa shape index (κ3) is 3.11. The van der Waals surface area contributed by atoms with E-state index in [2.05, 4.69) is 24.3 Å². The maximum Gasteiger partial charge on any atom is 0.117 e. The minimum Gasteiger partial charge on any atom is -0.508 e. The number of benzene rings is 1. The number of aromatic nitrogens is 2. The van der Waals surface area contributed by atoms with Gasteiger partial charge >= 0.3 is 0 Å². The monoisotopic (exact) mass is 274 g/mol. The molecule has 0 fully saturated rings. The van der Waals surface area contributed by atoms with E-state index in [4.69, 9.17) is 5.73 Å². The Labute approximate surface area is 119 Å². The molecule has 2 aromatic rings. The van der Waals surface area contributed by atoms with Gasteiger partial charge in [0.2, 0.25) is 0 Å². The molecule has 0 bridgehead atoms. The number of nitrogens with one attached hydrogen (secondary N) is 1. The van der Waals surface area contributed by atoms with Crippen molar-refractivity contribution in [1.82, 2.24) is 9.78 Å². The number of nitrogens with zero attached hydrogens (tertiary/aromatic N) is 2. The van der Waals surface area contributed by atoms with Crippen LogP contribution < -0.4 is 11.1 Å². The Morgan fingerprint density at radius 3 is 2.85 bits per heavy atom. The summed E-state index contributed by atoms with van der Waals surface area (Å²) in [5.74, 6) is 0.561. The first-order valence-corrected chi connectivity index (χ1v) is 6.94. The molecule has 20 heavy (non-hydrogen) atoms. The second kappa shape index (κ2) is 6.43. The van der Waals surface area contributed by atoms with Crippen molar-refractivity contribution in [3.05, 3.63) is 36.2 Å². The zero-order valence-corrected chi connectivity index (χ0v) is 12.0. The number of phenolic OH excluding ortho intramolecular Hbond substituents is 1. The van der Waals surface area contributed by atoms with Gasteiger partial charge in [0.05, 0.1) is 23.3 Å². The number of hydrogen-bond acceptors (Lipinski definition) is 4. The van der Waals surface area contributed by atoms with Gasteiger partial charge in [-0.3, -0.25) is 0 Å². The van der Waals surface area contributed by atoms with Crippen LogP contribution in [0.2, 0.25) is 0 Å². The molecule has 0 radical (unpaired) electrons. The maximum atomic E-state index is 9.61. The van der Waals surface area contributed by atoms with Gasteiger partial charge in [0.1, 0.15) is 5.75 Å². The fourth-order valence-electron chi connectivity index (χ4n) is 2.21. The van der Waals surface area contributed by atoms with Crippen LogP contribution in [0.4, 0.5) is 5.69 Å². The Morgan fingerprint density at radius 1 is 1.40 bits per heavy atom. The molecule has 5 heteroatoms. The molecule has 108 valence electrons. The van der Waals surface area contributed by atoms with Crippen LogP contribution in [-0.4, -0.2) is 28.0 Å². The Kier molecular flexibility index (Phi) is 4.63. The Morgan fingerprint density at radius 2 is 2.20 bits per heavy atom. The molecule has 1 aromatic heterocycles. The highest BCUT2D eigenvalue weighted by molar-refractivity contribution is 5.52. The van der Waals surface area contributed by atoms with Crippen LogP contribution in [0.15, 0.2) is 30.5 Å². The first-order valence-electron chi connectivity index (χ1n) is 6.94. The molecule has 0 atom stereocenters. The van der Waals surface area contributed by atoms with E-state index in [0.29, 0.717) is 12.5 Å². The minimum atomic E-state index is 0.241. The average molecular weight is 274 g/mol. The van der Waals surface area contributed by atoms with Crippen molar-refractivity contribution in [3.8, 4) is 11.4 Å². The van der Waals surface area contributed by atoms with E-state index in [0.717, 1.165) is 30.0 Å². The van der Waals surface area contributed by atoms with Crippen molar-refractivity contribution < 1.29 is 5.11 Å². The van der Waals surface area contributed by atoms with E-state index in [9.17, 15) is 5.11 Å². The molecule has 0 saturated heterocycles. The van der Waals surface area contributed by atoms with Crippen LogP contribution in [0.25, 0.3) is 5.69 Å². The number of aromatic hydroxyl groups is 1.